The molecule has 2 aromatic carbocycles. The number of carboxylic acids is 1. The summed E-state index contributed by atoms with van der Waals surface area (Å²) in [5.41, 5.74) is 0.320. The molecule has 1 atom stereocenters. The van der Waals surface area contributed by atoms with Crippen LogP contribution in [0.3, 0.4) is 0 Å². The van der Waals surface area contributed by atoms with Crippen LogP contribution in [0.4, 0.5) is 0 Å². The quantitative estimate of drug-likeness (QED) is 0.0629. The van der Waals surface area contributed by atoms with Gasteiger partial charge in [-0.05, 0) is 98.4 Å². The molecule has 0 spiro atoms. The fraction of sp³-hybridized carbons (Fsp3) is 0.366. The summed E-state index contributed by atoms with van der Waals surface area (Å²) < 4.78 is 17.8. The number of aromatic amines is 1. The van der Waals surface area contributed by atoms with Crippen molar-refractivity contribution in [2.24, 2.45) is 0 Å². The van der Waals surface area contributed by atoms with E-state index in [1.807, 2.05) is 35.0 Å². The van der Waals surface area contributed by atoms with E-state index in [2.05, 4.69) is 32.4 Å². The van der Waals surface area contributed by atoms with E-state index in [1.54, 1.807) is 31.4 Å². The maximum Gasteiger partial charge on any atom is 0.347 e. The Labute approximate surface area is 341 Å². The SMILES string of the molecule is COc1cc(-c2noc(CCCN(C)C3CCC(OC(C(=O)O)(c4cccs4)c4cccs4)CC3)n2)c(Cl)cc1CNC[C@H](O)c1ccc(O)c2[nH]c(=O)ccc12. The van der Waals surface area contributed by atoms with Gasteiger partial charge in [0, 0.05) is 48.1 Å². The molecular formula is C41H44ClN5O8S2. The number of aliphatic hydroxyl groups excluding tert-OH is 1. The smallest absolute Gasteiger partial charge is 0.347 e. The van der Waals surface area contributed by atoms with Gasteiger partial charge < -0.3 is 44.5 Å². The Morgan fingerprint density at radius 2 is 1.84 bits per heavy atom. The number of benzene rings is 2. The molecule has 7 rings (SSSR count). The number of phenolic OH excluding ortho intramolecular Hbond substituents is 1. The van der Waals surface area contributed by atoms with Crippen LogP contribution >= 0.6 is 34.3 Å². The summed E-state index contributed by atoms with van der Waals surface area (Å²) in [6.07, 6.45) is 3.66. The molecule has 0 bridgehead atoms. The third kappa shape index (κ3) is 8.79. The van der Waals surface area contributed by atoms with Crippen molar-refractivity contribution in [3.05, 3.63) is 114 Å². The van der Waals surface area contributed by atoms with E-state index >= 15 is 0 Å². The van der Waals surface area contributed by atoms with E-state index in [0.29, 0.717) is 67.8 Å². The molecule has 0 aliphatic heterocycles. The highest BCUT2D eigenvalue weighted by molar-refractivity contribution is 7.12. The van der Waals surface area contributed by atoms with E-state index in [0.717, 1.165) is 44.2 Å². The molecule has 0 unspecified atom stereocenters. The molecule has 0 radical (unpaired) electrons. The van der Waals surface area contributed by atoms with Crippen LogP contribution in [0.25, 0.3) is 22.3 Å². The third-order valence-electron chi connectivity index (χ3n) is 10.5. The molecule has 0 amide bonds. The molecule has 4 aromatic heterocycles. The fourth-order valence-corrected chi connectivity index (χ4v) is 9.62. The van der Waals surface area contributed by atoms with Crippen molar-refractivity contribution in [3.8, 4) is 22.9 Å². The molecule has 1 saturated carbocycles. The highest BCUT2D eigenvalue weighted by atomic mass is 35.5. The van der Waals surface area contributed by atoms with E-state index in [-0.39, 0.29) is 29.5 Å². The molecule has 0 saturated heterocycles. The summed E-state index contributed by atoms with van der Waals surface area (Å²) in [5.74, 6) is 0.359. The number of nitrogens with one attached hydrogen (secondary N) is 2. The summed E-state index contributed by atoms with van der Waals surface area (Å²) in [4.78, 5) is 35.5. The molecule has 16 heteroatoms. The van der Waals surface area contributed by atoms with Crippen LogP contribution in [0.5, 0.6) is 11.5 Å². The average molecular weight is 834 g/mol. The van der Waals surface area contributed by atoms with Gasteiger partial charge in [-0.2, -0.15) is 4.98 Å². The van der Waals surface area contributed by atoms with E-state index < -0.39 is 17.7 Å². The number of aliphatic carboxylic acids is 1. The fourth-order valence-electron chi connectivity index (χ4n) is 7.54. The number of rotatable bonds is 17. The lowest BCUT2D eigenvalue weighted by atomic mass is 9.90. The molecule has 1 fully saturated rings. The zero-order chi connectivity index (χ0) is 40.1. The van der Waals surface area contributed by atoms with Crippen molar-refractivity contribution >= 4 is 51.1 Å². The number of halogens is 1. The number of aromatic hydroxyl groups is 1. The zero-order valence-corrected chi connectivity index (χ0v) is 33.8. The minimum absolute atomic E-state index is 0.0722. The van der Waals surface area contributed by atoms with Gasteiger partial charge in [0.15, 0.2) is 0 Å². The average Bonchev–Trinajstić information content (AvgIpc) is 4.03. The summed E-state index contributed by atoms with van der Waals surface area (Å²) in [6, 6.07) is 17.3. The van der Waals surface area contributed by atoms with Crippen LogP contribution in [-0.2, 0) is 28.1 Å². The van der Waals surface area contributed by atoms with Crippen molar-refractivity contribution in [1.82, 2.24) is 25.3 Å². The Hall–Kier alpha value is -4.61. The second-order valence-corrected chi connectivity index (χ2v) is 16.5. The Kier molecular flexibility index (Phi) is 12.7. The highest BCUT2D eigenvalue weighted by Crippen LogP contribution is 2.42. The Morgan fingerprint density at radius 3 is 2.51 bits per heavy atom. The first-order valence-corrected chi connectivity index (χ1v) is 20.8. The van der Waals surface area contributed by atoms with Gasteiger partial charge in [0.2, 0.25) is 22.9 Å². The van der Waals surface area contributed by atoms with Gasteiger partial charge in [-0.15, -0.1) is 22.7 Å². The van der Waals surface area contributed by atoms with Gasteiger partial charge in [0.05, 0.1) is 39.6 Å². The van der Waals surface area contributed by atoms with Gasteiger partial charge in [-0.1, -0.05) is 35.0 Å². The highest BCUT2D eigenvalue weighted by Gasteiger charge is 2.48. The van der Waals surface area contributed by atoms with Crippen molar-refractivity contribution in [2.45, 2.75) is 68.9 Å². The van der Waals surface area contributed by atoms with E-state index in [1.165, 1.54) is 34.8 Å². The number of hydrogen-bond donors (Lipinski definition) is 5. The first kappa shape index (κ1) is 40.6. The van der Waals surface area contributed by atoms with Crippen molar-refractivity contribution in [1.29, 1.82) is 0 Å². The Bertz CT molecular complexity index is 2310. The number of methoxy groups -OCH3 is 1. The van der Waals surface area contributed by atoms with Crippen LogP contribution in [0, 0.1) is 0 Å². The summed E-state index contributed by atoms with van der Waals surface area (Å²) >= 11 is 9.54. The normalized spacial score (nSPS) is 16.6. The van der Waals surface area contributed by atoms with Crippen molar-refractivity contribution in [3.63, 3.8) is 0 Å². The predicted molar refractivity (Wildman–Crippen MR) is 219 cm³/mol. The number of phenols is 1. The number of fused-ring (bicyclic) bond motifs is 1. The monoisotopic (exact) mass is 833 g/mol. The number of thiophene rings is 2. The molecule has 1 aliphatic rings. The zero-order valence-electron chi connectivity index (χ0n) is 31.4. The second-order valence-electron chi connectivity index (χ2n) is 14.2. The van der Waals surface area contributed by atoms with Crippen molar-refractivity contribution in [2.75, 3.05) is 27.2 Å². The number of aryl methyl sites for hydroxylation is 1. The molecular weight excluding hydrogens is 790 g/mol. The summed E-state index contributed by atoms with van der Waals surface area (Å²) in [7, 11) is 3.68. The number of aromatic nitrogens is 3. The van der Waals surface area contributed by atoms with Crippen LogP contribution < -0.4 is 15.6 Å². The molecule has 13 nitrogen and oxygen atoms in total. The molecule has 6 aromatic rings. The van der Waals surface area contributed by atoms with Gasteiger partial charge in [-0.3, -0.25) is 4.79 Å². The van der Waals surface area contributed by atoms with E-state index in [4.69, 9.17) is 25.6 Å². The lowest BCUT2D eigenvalue weighted by Crippen LogP contribution is -2.44. The number of nitrogens with zero attached hydrogens (tertiary/aromatic N) is 3. The lowest BCUT2D eigenvalue weighted by molar-refractivity contribution is -0.170. The summed E-state index contributed by atoms with van der Waals surface area (Å²) in [5, 5.41) is 43.8. The minimum Gasteiger partial charge on any atom is -0.506 e. The van der Waals surface area contributed by atoms with Crippen LogP contribution in [0.15, 0.2) is 80.7 Å². The number of pyridine rings is 1. The largest absolute Gasteiger partial charge is 0.506 e. The number of carboxylic acid groups (broad SMARTS) is 1. The molecule has 57 heavy (non-hydrogen) atoms. The molecule has 4 heterocycles. The topological polar surface area (TPSA) is 183 Å². The molecule has 300 valence electrons. The second kappa shape index (κ2) is 17.9. The summed E-state index contributed by atoms with van der Waals surface area (Å²) in [6.45, 7) is 1.34. The first-order valence-electron chi connectivity index (χ1n) is 18.7. The third-order valence-corrected chi connectivity index (χ3v) is 12.8. The predicted octanol–water partition coefficient (Wildman–Crippen LogP) is 7.11. The number of aliphatic hydroxyl groups is 1. The first-order chi connectivity index (χ1) is 27.6. The number of ether oxygens (including phenoxy) is 2. The van der Waals surface area contributed by atoms with Crippen LogP contribution in [-0.4, -0.2) is 80.7 Å². The standard InChI is InChI=1S/C41H44ClN5O8S2/c1-47(25-9-11-26(12-10-25)54-41(40(51)52,34-6-4-18-56-34)35-7-5-19-57-35)17-3-8-37-45-39(46-55-37)29-21-33(53-2)24(20-30(29)42)22-43-23-32(49)27-13-15-31(48)38-28(27)14-16-36(50)44-38/h4-7,13-16,18-21,25-26,32,43,48-49H,3,8-12,17,22-23H2,1-2H3,(H,44,50)(H,51,52)/t25?,26?,32-/m0/s1. The molecule has 1 aliphatic carbocycles. The number of carbonyl (C=O) groups is 1. The van der Waals surface area contributed by atoms with Gasteiger partial charge in [0.25, 0.3) is 0 Å². The van der Waals surface area contributed by atoms with Gasteiger partial charge >= 0.3 is 5.97 Å². The maximum atomic E-state index is 12.8. The lowest BCUT2D eigenvalue weighted by Gasteiger charge is -2.38. The number of H-pyrrole nitrogens is 1. The van der Waals surface area contributed by atoms with Crippen LogP contribution in [0.1, 0.15) is 65.0 Å². The Morgan fingerprint density at radius 1 is 1.11 bits per heavy atom. The van der Waals surface area contributed by atoms with Crippen molar-refractivity contribution < 1.29 is 34.1 Å². The van der Waals surface area contributed by atoms with Gasteiger partial charge in [-0.25, -0.2) is 4.79 Å². The number of hydrogen-bond acceptors (Lipinski definition) is 13. The van der Waals surface area contributed by atoms with E-state index in [9.17, 15) is 24.9 Å². The minimum atomic E-state index is -1.49. The van der Waals surface area contributed by atoms with Gasteiger partial charge in [0.1, 0.15) is 11.5 Å². The Balaban J connectivity index is 0.901. The van der Waals surface area contributed by atoms with Crippen LogP contribution in [0.2, 0.25) is 5.02 Å². The maximum absolute atomic E-state index is 12.8. The molecule has 5 N–H and O–H groups in total.